The van der Waals surface area contributed by atoms with E-state index in [4.69, 9.17) is 30.0 Å². The van der Waals surface area contributed by atoms with Gasteiger partial charge >= 0.3 is 6.16 Å². The predicted octanol–water partition coefficient (Wildman–Crippen LogP) is -2.54. The van der Waals surface area contributed by atoms with Crippen LogP contribution in [0, 0.1) is 0 Å². The van der Waals surface area contributed by atoms with Gasteiger partial charge in [0.05, 0.1) is 0 Å². The van der Waals surface area contributed by atoms with Crippen molar-refractivity contribution in [2.75, 3.05) is 0 Å². The van der Waals surface area contributed by atoms with E-state index >= 15 is 0 Å². The second-order valence-electron chi connectivity index (χ2n) is 0.548. The minimum absolute atomic E-state index is 0. The van der Waals surface area contributed by atoms with Crippen molar-refractivity contribution < 1.29 is 67.2 Å². The van der Waals surface area contributed by atoms with Gasteiger partial charge in [-0.2, -0.15) is 0 Å². The molecule has 0 radical (unpaired) electrons. The summed E-state index contributed by atoms with van der Waals surface area (Å²) in [5, 5.41) is 29.2. The molecule has 0 rings (SSSR count). The van der Waals surface area contributed by atoms with E-state index in [9.17, 15) is 0 Å². The third kappa shape index (κ3) is 1170. The summed E-state index contributed by atoms with van der Waals surface area (Å²) in [7, 11) is 0. The molecule has 8 nitrogen and oxygen atoms in total. The Labute approximate surface area is 79.8 Å². The number of rotatable bonds is 0. The van der Waals surface area contributed by atoms with Crippen molar-refractivity contribution in [1.82, 2.24) is 0 Å². The van der Waals surface area contributed by atoms with Gasteiger partial charge in [-0.15, -0.1) is 0 Å². The predicted molar refractivity (Wildman–Crippen MR) is 25.9 cm³/mol. The number of carboxylic acid groups (broad SMARTS) is 4. The Morgan fingerprint density at radius 3 is 1.00 bits per heavy atom. The van der Waals surface area contributed by atoms with E-state index in [2.05, 4.69) is 0 Å². The molecule has 0 fully saturated rings. The van der Waals surface area contributed by atoms with Gasteiger partial charge in [-0.05, 0) is 0 Å². The molecule has 0 amide bonds. The molecule has 0 aromatic carbocycles. The molecule has 7 N–H and O–H groups in total. The summed E-state index contributed by atoms with van der Waals surface area (Å²) in [6.07, 6.45) is -3.92. The van der Waals surface area contributed by atoms with Crippen molar-refractivity contribution in [1.29, 1.82) is 0 Å². The Morgan fingerprint density at radius 2 is 1.00 bits per heavy atom. The average Bonchev–Trinajstić information content (AvgIpc) is 1.25. The van der Waals surface area contributed by atoms with Crippen LogP contribution >= 0.6 is 0 Å². The number of hydrogen-bond donors (Lipinski definition) is 3. The Hall–Kier alpha value is -0.657. The molecule has 11 heavy (non-hydrogen) atoms. The molecular weight excluding hydrogens is 243 g/mol. The van der Waals surface area contributed by atoms with Crippen LogP contribution in [-0.4, -0.2) is 38.6 Å². The normalized spacial score (nSPS) is 4.36. The van der Waals surface area contributed by atoms with Gasteiger partial charge in [-0.3, -0.25) is 0 Å². The molecule has 0 heterocycles. The van der Waals surface area contributed by atoms with E-state index in [0.717, 1.165) is 0 Å². The fraction of sp³-hybridized carbons (Fsp3) is 0. The maximum atomic E-state index is 8.56. The fourth-order valence-corrected chi connectivity index (χ4v) is 0. The molecule has 68 valence electrons. The molecule has 0 saturated carbocycles. The van der Waals surface area contributed by atoms with Crippen LogP contribution in [-0.2, 0) is 26.2 Å². The van der Waals surface area contributed by atoms with Gasteiger partial charge in [-0.25, -0.2) is 4.79 Å². The zero-order chi connectivity index (χ0) is 7.15. The van der Waals surface area contributed by atoms with Crippen LogP contribution < -0.4 is 5.11 Å². The van der Waals surface area contributed by atoms with Crippen molar-refractivity contribution in [3.05, 3.63) is 0 Å². The van der Waals surface area contributed by atoms with Crippen LogP contribution in [0.15, 0.2) is 0 Å². The molecule has 0 aromatic rings. The molecule has 0 bridgehead atoms. The maximum Gasteiger partial charge on any atom is 0.503 e. The van der Waals surface area contributed by atoms with E-state index in [1.54, 1.807) is 0 Å². The first-order valence-electron chi connectivity index (χ1n) is 1.28. The molecule has 0 saturated heterocycles. The van der Waals surface area contributed by atoms with Crippen LogP contribution in [0.25, 0.3) is 0 Å². The van der Waals surface area contributed by atoms with Gasteiger partial charge in [-0.1, -0.05) is 0 Å². The summed E-state index contributed by atoms with van der Waals surface area (Å²) in [6.45, 7) is 0. The first kappa shape index (κ1) is 31.6. The topological polar surface area (TPSA) is 181 Å². The van der Waals surface area contributed by atoms with Crippen LogP contribution in [0.5, 0.6) is 0 Å². The quantitative estimate of drug-likeness (QED) is 0.425. The number of hydrogen-bond acceptors (Lipinski definition) is 3. The van der Waals surface area contributed by atoms with E-state index in [-0.39, 0.29) is 37.2 Å². The van der Waals surface area contributed by atoms with Crippen molar-refractivity contribution >= 4 is 12.3 Å². The van der Waals surface area contributed by atoms with Crippen molar-refractivity contribution in [2.45, 2.75) is 0 Å². The largest absolute Gasteiger partial charge is 0.565 e. The first-order chi connectivity index (χ1) is 3.46. The Kier molecular flexibility index (Phi) is 65.5. The summed E-state index contributed by atoms with van der Waals surface area (Å²) >= 11 is 0. The van der Waals surface area contributed by atoms with Crippen LogP contribution in [0.3, 0.4) is 0 Å². The zero-order valence-electron chi connectivity index (χ0n) is 5.07. The molecule has 0 aliphatic carbocycles. The Balaban J connectivity index is -0.0000000171. The summed E-state index contributed by atoms with van der Waals surface area (Å²) in [6, 6.07) is 0. The van der Waals surface area contributed by atoms with Crippen molar-refractivity contribution in [3.63, 3.8) is 0 Å². The van der Waals surface area contributed by atoms with Gasteiger partial charge in [0.15, 0.2) is 0 Å². The summed E-state index contributed by atoms with van der Waals surface area (Å²) in [5.41, 5.74) is 0. The van der Waals surface area contributed by atoms with E-state index < -0.39 is 12.3 Å². The van der Waals surface area contributed by atoms with Gasteiger partial charge in [0.1, 0.15) is 0 Å². The van der Waals surface area contributed by atoms with Crippen LogP contribution in [0.1, 0.15) is 0 Å². The molecule has 0 unspecified atom stereocenters. The summed E-state index contributed by atoms with van der Waals surface area (Å²) in [4.78, 5) is 17.0. The zero-order valence-corrected chi connectivity index (χ0v) is 7.52. The molecule has 0 aromatic heterocycles. The Morgan fingerprint density at radius 1 is 1.00 bits per heavy atom. The van der Waals surface area contributed by atoms with E-state index in [1.807, 2.05) is 0 Å². The second kappa shape index (κ2) is 22.8. The monoisotopic (exact) mass is 249 g/mol. The minimum atomic E-state index is -2.08. The van der Waals surface area contributed by atoms with E-state index in [1.165, 1.54) is 0 Å². The van der Waals surface area contributed by atoms with Gasteiger partial charge in [0, 0.05) is 26.2 Å². The van der Waals surface area contributed by atoms with Crippen LogP contribution in [0.4, 0.5) is 9.59 Å². The summed E-state index contributed by atoms with van der Waals surface area (Å²) in [5.74, 6) is 0. The average molecular weight is 250 g/mol. The molecular formula is C2H7O8Zr-. The third-order valence-electron chi connectivity index (χ3n) is 0. The van der Waals surface area contributed by atoms with Gasteiger partial charge in [0.2, 0.25) is 6.16 Å². The molecule has 0 atom stereocenters. The van der Waals surface area contributed by atoms with Gasteiger partial charge in [0.25, 0.3) is 0 Å². The summed E-state index contributed by atoms with van der Waals surface area (Å²) < 4.78 is 0. The third-order valence-corrected chi connectivity index (χ3v) is 0. The van der Waals surface area contributed by atoms with E-state index in [0.29, 0.717) is 0 Å². The van der Waals surface area contributed by atoms with Crippen LogP contribution in [0.2, 0.25) is 0 Å². The van der Waals surface area contributed by atoms with Crippen molar-refractivity contribution in [3.8, 4) is 0 Å². The SMILES string of the molecule is O.O.O=C(O)O.O=C([O-])O.[Zr]. The number of carbonyl (C=O) groups is 2. The van der Waals surface area contributed by atoms with Gasteiger partial charge < -0.3 is 36.2 Å². The minimum Gasteiger partial charge on any atom is -0.565 e. The molecule has 0 aliphatic heterocycles. The molecule has 9 heteroatoms. The Bertz CT molecular complexity index is 70.1. The standard InChI is InChI=1S/2CH2O3.2H2O.Zr/c2*2-1(3)4;;;/h2*(H2,2,3,4);2*1H2;/p-1. The smallest absolute Gasteiger partial charge is 0.503 e. The second-order valence-corrected chi connectivity index (χ2v) is 0.548. The fourth-order valence-electron chi connectivity index (χ4n) is 0. The maximum absolute atomic E-state index is 8.56. The van der Waals surface area contributed by atoms with Crippen molar-refractivity contribution in [2.24, 2.45) is 0 Å². The first-order valence-corrected chi connectivity index (χ1v) is 1.28. The molecule has 0 spiro atoms. The molecule has 0 aliphatic rings.